The van der Waals surface area contributed by atoms with Crippen molar-refractivity contribution in [1.29, 1.82) is 0 Å². The van der Waals surface area contributed by atoms with Gasteiger partial charge in [-0.3, -0.25) is 4.79 Å². The molecule has 5 rings (SSSR count). The van der Waals surface area contributed by atoms with Crippen LogP contribution >= 0.6 is 27.5 Å². The molecule has 0 amide bonds. The Hall–Kier alpha value is -2.23. The zero-order valence-electron chi connectivity index (χ0n) is 15.9. The highest BCUT2D eigenvalue weighted by atomic mass is 79.9. The summed E-state index contributed by atoms with van der Waals surface area (Å²) in [5.74, 6) is 0.653. The number of hydrogen-bond donors (Lipinski definition) is 1. The quantitative estimate of drug-likeness (QED) is 0.503. The molecule has 8 nitrogen and oxygen atoms in total. The fraction of sp³-hybridized carbons (Fsp3) is 0.400. The number of rotatable bonds is 7. The average molecular weight is 493 g/mol. The fourth-order valence-corrected chi connectivity index (χ4v) is 4.78. The van der Waals surface area contributed by atoms with E-state index in [1.807, 2.05) is 18.2 Å². The molecule has 1 saturated heterocycles. The third-order valence-corrected chi connectivity index (χ3v) is 6.92. The molecule has 2 fully saturated rings. The van der Waals surface area contributed by atoms with E-state index in [4.69, 9.17) is 26.4 Å². The van der Waals surface area contributed by atoms with Crippen molar-refractivity contribution in [2.45, 2.75) is 31.3 Å². The average Bonchev–Trinajstić information content (AvgIpc) is 3.12. The maximum atomic E-state index is 10.7. The van der Waals surface area contributed by atoms with Gasteiger partial charge >= 0.3 is 5.97 Å². The van der Waals surface area contributed by atoms with Crippen LogP contribution in [0.1, 0.15) is 19.3 Å². The zero-order valence-corrected chi connectivity index (χ0v) is 18.3. The zero-order chi connectivity index (χ0) is 20.8. The number of nitrogens with zero attached hydrogens (tertiary/aromatic N) is 5. The van der Waals surface area contributed by atoms with Crippen LogP contribution in [0.5, 0.6) is 0 Å². The predicted octanol–water partition coefficient (Wildman–Crippen LogP) is 3.69. The van der Waals surface area contributed by atoms with Crippen molar-refractivity contribution in [2.75, 3.05) is 18.1 Å². The first-order valence-electron chi connectivity index (χ1n) is 9.74. The number of carboxylic acids is 1. The summed E-state index contributed by atoms with van der Waals surface area (Å²) in [5, 5.41) is 14.6. The van der Waals surface area contributed by atoms with E-state index in [2.05, 4.69) is 30.9 Å². The van der Waals surface area contributed by atoms with E-state index in [1.165, 1.54) is 6.33 Å². The Morgan fingerprint density at radius 1 is 1.33 bits per heavy atom. The minimum atomic E-state index is -0.848. The lowest BCUT2D eigenvalue weighted by molar-refractivity contribution is -0.138. The molecule has 3 atom stereocenters. The van der Waals surface area contributed by atoms with Crippen molar-refractivity contribution in [3.8, 4) is 5.69 Å². The number of hydrogen-bond acceptors (Lipinski definition) is 6. The number of benzene rings is 1. The van der Waals surface area contributed by atoms with Gasteiger partial charge in [-0.1, -0.05) is 11.6 Å². The maximum absolute atomic E-state index is 10.7. The number of fused-ring (bicyclic) bond motifs is 2. The van der Waals surface area contributed by atoms with Gasteiger partial charge in [-0.25, -0.2) is 14.6 Å². The van der Waals surface area contributed by atoms with E-state index in [1.54, 1.807) is 11.0 Å². The SMILES string of the molecule is O=C(O)CCOC[C@@H]1C[C@@H]2C[C@@H]2N1c1cc(-n2cncn2)c2cc(Cl)c(Br)cc2n1. The minimum absolute atomic E-state index is 0.0129. The van der Waals surface area contributed by atoms with Gasteiger partial charge in [0.2, 0.25) is 0 Å². The Bertz CT molecular complexity index is 1110. The van der Waals surface area contributed by atoms with Crippen molar-refractivity contribution in [2.24, 2.45) is 5.92 Å². The summed E-state index contributed by atoms with van der Waals surface area (Å²) in [6.07, 6.45) is 5.34. The van der Waals surface area contributed by atoms with Crippen LogP contribution in [0.2, 0.25) is 5.02 Å². The molecule has 1 N–H and O–H groups in total. The van der Waals surface area contributed by atoms with Crippen LogP contribution in [0.25, 0.3) is 16.6 Å². The van der Waals surface area contributed by atoms with Crippen LogP contribution < -0.4 is 4.90 Å². The van der Waals surface area contributed by atoms with Crippen LogP contribution in [0.15, 0.2) is 35.3 Å². The van der Waals surface area contributed by atoms with E-state index in [9.17, 15) is 4.79 Å². The molecule has 1 aliphatic carbocycles. The largest absolute Gasteiger partial charge is 0.481 e. The number of anilines is 1. The number of aromatic nitrogens is 4. The number of carboxylic acid groups (broad SMARTS) is 1. The smallest absolute Gasteiger partial charge is 0.305 e. The summed E-state index contributed by atoms with van der Waals surface area (Å²) in [5.41, 5.74) is 1.67. The third-order valence-electron chi connectivity index (χ3n) is 5.73. The standard InChI is InChI=1S/C20H19BrClN5O3/c21-14-6-16-13(5-15(14)22)18(26-10-23-9-24-26)7-19(25-16)27-12(3-11-4-17(11)27)8-30-2-1-20(28)29/h5-7,9-12,17H,1-4,8H2,(H,28,29)/t11-,12+,17+/m1/s1. The van der Waals surface area contributed by atoms with Gasteiger partial charge < -0.3 is 14.7 Å². The van der Waals surface area contributed by atoms with Gasteiger partial charge in [0.1, 0.15) is 18.5 Å². The minimum Gasteiger partial charge on any atom is -0.481 e. The molecule has 1 aromatic carbocycles. The molecule has 2 aromatic heterocycles. The molecule has 0 radical (unpaired) electrons. The molecule has 0 bridgehead atoms. The molecule has 30 heavy (non-hydrogen) atoms. The number of ether oxygens (including phenoxy) is 1. The summed E-state index contributed by atoms with van der Waals surface area (Å²) < 4.78 is 8.17. The van der Waals surface area contributed by atoms with Crippen molar-refractivity contribution in [3.63, 3.8) is 0 Å². The molecule has 10 heteroatoms. The Morgan fingerprint density at radius 3 is 2.97 bits per heavy atom. The van der Waals surface area contributed by atoms with E-state index in [0.717, 1.165) is 39.7 Å². The van der Waals surface area contributed by atoms with Crippen LogP contribution in [0, 0.1) is 5.92 Å². The van der Waals surface area contributed by atoms with Gasteiger partial charge in [-0.05, 0) is 46.8 Å². The van der Waals surface area contributed by atoms with E-state index >= 15 is 0 Å². The number of piperidine rings is 1. The highest BCUT2D eigenvalue weighted by Gasteiger charge is 2.52. The Kier molecular flexibility index (Phi) is 5.12. The van der Waals surface area contributed by atoms with Gasteiger partial charge in [0.15, 0.2) is 0 Å². The van der Waals surface area contributed by atoms with Gasteiger partial charge in [-0.15, -0.1) is 0 Å². The molecule has 1 saturated carbocycles. The van der Waals surface area contributed by atoms with Gasteiger partial charge in [0, 0.05) is 22.0 Å². The Balaban J connectivity index is 1.51. The molecule has 3 heterocycles. The molecule has 156 valence electrons. The van der Waals surface area contributed by atoms with Gasteiger partial charge in [0.25, 0.3) is 0 Å². The van der Waals surface area contributed by atoms with Crippen molar-refractivity contribution in [3.05, 3.63) is 40.3 Å². The van der Waals surface area contributed by atoms with Crippen LogP contribution in [0.4, 0.5) is 5.82 Å². The molecule has 0 unspecified atom stereocenters. The molecule has 1 aliphatic heterocycles. The van der Waals surface area contributed by atoms with Crippen molar-refractivity contribution < 1.29 is 14.6 Å². The number of aliphatic carboxylic acids is 1. The van der Waals surface area contributed by atoms with E-state index in [0.29, 0.717) is 23.6 Å². The highest BCUT2D eigenvalue weighted by Crippen LogP contribution is 2.50. The summed E-state index contributed by atoms with van der Waals surface area (Å²) in [7, 11) is 0. The molecule has 0 spiro atoms. The van der Waals surface area contributed by atoms with E-state index in [-0.39, 0.29) is 19.1 Å². The molecule has 2 aliphatic rings. The third kappa shape index (κ3) is 3.66. The predicted molar refractivity (Wildman–Crippen MR) is 115 cm³/mol. The van der Waals surface area contributed by atoms with Crippen LogP contribution in [-0.2, 0) is 9.53 Å². The van der Waals surface area contributed by atoms with Gasteiger partial charge in [0.05, 0.1) is 41.9 Å². The second kappa shape index (κ2) is 7.79. The molecular weight excluding hydrogens is 474 g/mol. The van der Waals surface area contributed by atoms with E-state index < -0.39 is 5.97 Å². The first-order valence-corrected chi connectivity index (χ1v) is 10.9. The second-order valence-corrected chi connectivity index (χ2v) is 8.96. The van der Waals surface area contributed by atoms with Crippen molar-refractivity contribution >= 4 is 50.2 Å². The fourth-order valence-electron chi connectivity index (χ4n) is 4.29. The molecule has 3 aromatic rings. The highest BCUT2D eigenvalue weighted by molar-refractivity contribution is 9.10. The maximum Gasteiger partial charge on any atom is 0.305 e. The summed E-state index contributed by atoms with van der Waals surface area (Å²) >= 11 is 9.84. The Labute approximate surface area is 185 Å². The monoisotopic (exact) mass is 491 g/mol. The molecular formula is C20H19BrClN5O3. The first kappa shape index (κ1) is 19.7. The summed E-state index contributed by atoms with van der Waals surface area (Å²) in [6.45, 7) is 0.707. The number of pyridine rings is 1. The van der Waals surface area contributed by atoms with Crippen molar-refractivity contribution in [1.82, 2.24) is 19.7 Å². The first-order chi connectivity index (χ1) is 14.5. The second-order valence-electron chi connectivity index (χ2n) is 7.70. The van der Waals surface area contributed by atoms with Gasteiger partial charge in [-0.2, -0.15) is 5.10 Å². The topological polar surface area (TPSA) is 93.4 Å². The van der Waals surface area contributed by atoms with Crippen LogP contribution in [-0.4, -0.2) is 56.1 Å². The van der Waals surface area contributed by atoms with Crippen LogP contribution in [0.3, 0.4) is 0 Å². The Morgan fingerprint density at radius 2 is 2.20 bits per heavy atom. The lowest BCUT2D eigenvalue weighted by Gasteiger charge is -2.29. The lowest BCUT2D eigenvalue weighted by atomic mass is 10.1. The lowest BCUT2D eigenvalue weighted by Crippen LogP contribution is -2.37. The number of carbonyl (C=O) groups is 1. The summed E-state index contributed by atoms with van der Waals surface area (Å²) in [4.78, 5) is 22.1. The normalized spacial score (nSPS) is 22.5. The summed E-state index contributed by atoms with van der Waals surface area (Å²) in [6, 6.07) is 6.44. The number of halogens is 2.